The Morgan fingerprint density at radius 3 is 2.33 bits per heavy atom. The van der Waals surface area contributed by atoms with Crippen LogP contribution in [0.2, 0.25) is 0 Å². The molecule has 2 aliphatic rings. The number of urea groups is 1. The Bertz CT molecular complexity index is 1170. The lowest BCUT2D eigenvalue weighted by Crippen LogP contribution is -2.73. The molecule has 0 radical (unpaired) electrons. The monoisotopic (exact) mass is 445 g/mol. The van der Waals surface area contributed by atoms with Crippen LogP contribution >= 0.6 is 0 Å². The van der Waals surface area contributed by atoms with Crippen molar-refractivity contribution in [2.24, 2.45) is 0 Å². The summed E-state index contributed by atoms with van der Waals surface area (Å²) in [7, 11) is 0. The first-order valence-corrected chi connectivity index (χ1v) is 10.9. The number of anilines is 1. The molecule has 3 atom stereocenters. The summed E-state index contributed by atoms with van der Waals surface area (Å²) in [4.78, 5) is 28.7. The third kappa shape index (κ3) is 3.85. The Morgan fingerprint density at radius 2 is 1.64 bits per heavy atom. The molecule has 168 valence electrons. The fourth-order valence-electron chi connectivity index (χ4n) is 4.94. The van der Waals surface area contributed by atoms with Gasteiger partial charge in [-0.25, -0.2) is 9.18 Å². The molecule has 3 aromatic rings. The number of rotatable bonds is 4. The van der Waals surface area contributed by atoms with Gasteiger partial charge in [-0.1, -0.05) is 66.7 Å². The first-order chi connectivity index (χ1) is 16.1. The standard InChI is InChI=1S/C26H24FN3O3/c27-20-8-4-5-9-21(20)28-26(33)29-14-22-25(23(16-31)30(22)24(32)15-29)19-12-10-18(11-13-19)17-6-2-1-3-7-17/h1-13,22-23,25,31H,14-16H2,(H,28,33)/t22-,23-,25+/m0/s1. The second-order valence-electron chi connectivity index (χ2n) is 8.42. The van der Waals surface area contributed by atoms with Crippen molar-refractivity contribution in [2.75, 3.05) is 25.0 Å². The molecule has 33 heavy (non-hydrogen) atoms. The number of amides is 3. The van der Waals surface area contributed by atoms with Gasteiger partial charge >= 0.3 is 6.03 Å². The molecular weight excluding hydrogens is 421 g/mol. The zero-order valence-corrected chi connectivity index (χ0v) is 17.9. The van der Waals surface area contributed by atoms with Crippen molar-refractivity contribution in [1.29, 1.82) is 0 Å². The van der Waals surface area contributed by atoms with E-state index in [0.717, 1.165) is 16.7 Å². The van der Waals surface area contributed by atoms with Gasteiger partial charge in [0, 0.05) is 12.5 Å². The lowest BCUT2D eigenvalue weighted by molar-refractivity contribution is -0.159. The molecule has 0 aliphatic carbocycles. The van der Waals surface area contributed by atoms with E-state index in [4.69, 9.17) is 0 Å². The minimum atomic E-state index is -0.531. The number of nitrogens with one attached hydrogen (secondary N) is 1. The molecule has 6 nitrogen and oxygen atoms in total. The molecule has 3 amide bonds. The number of carbonyl (C=O) groups is 2. The van der Waals surface area contributed by atoms with Gasteiger partial charge in [-0.05, 0) is 28.8 Å². The highest BCUT2D eigenvalue weighted by molar-refractivity contribution is 5.94. The molecule has 2 aliphatic heterocycles. The summed E-state index contributed by atoms with van der Waals surface area (Å²) in [6.45, 7) is 0.0648. The molecule has 0 saturated carbocycles. The molecular formula is C26H24FN3O3. The van der Waals surface area contributed by atoms with Crippen LogP contribution in [0.1, 0.15) is 11.5 Å². The maximum atomic E-state index is 13.9. The Morgan fingerprint density at radius 1 is 0.970 bits per heavy atom. The largest absolute Gasteiger partial charge is 0.394 e. The first kappa shape index (κ1) is 21.2. The summed E-state index contributed by atoms with van der Waals surface area (Å²) in [6, 6.07) is 23.0. The molecule has 0 spiro atoms. The highest BCUT2D eigenvalue weighted by atomic mass is 19.1. The third-order valence-electron chi connectivity index (χ3n) is 6.56. The summed E-state index contributed by atoms with van der Waals surface area (Å²) in [5, 5.41) is 12.5. The van der Waals surface area contributed by atoms with Crippen LogP contribution in [0.5, 0.6) is 0 Å². The van der Waals surface area contributed by atoms with Crippen LogP contribution in [-0.2, 0) is 4.79 Å². The van der Waals surface area contributed by atoms with E-state index < -0.39 is 11.8 Å². The van der Waals surface area contributed by atoms with Gasteiger partial charge in [0.25, 0.3) is 0 Å². The number of aliphatic hydroxyl groups excluding tert-OH is 1. The number of aliphatic hydroxyl groups is 1. The zero-order chi connectivity index (χ0) is 22.9. The van der Waals surface area contributed by atoms with Gasteiger partial charge in [0.05, 0.1) is 24.4 Å². The molecule has 2 N–H and O–H groups in total. The molecule has 2 fully saturated rings. The van der Waals surface area contributed by atoms with Crippen molar-refractivity contribution in [1.82, 2.24) is 9.80 Å². The highest BCUT2D eigenvalue weighted by Gasteiger charge is 2.54. The summed E-state index contributed by atoms with van der Waals surface area (Å²) in [5.74, 6) is -0.838. The molecule has 7 heteroatoms. The normalized spacial score (nSPS) is 21.9. The second kappa shape index (κ2) is 8.67. The number of fused-ring (bicyclic) bond motifs is 1. The molecule has 0 aromatic heterocycles. The van der Waals surface area contributed by atoms with Crippen LogP contribution in [-0.4, -0.2) is 58.6 Å². The number of hydrogen-bond donors (Lipinski definition) is 2. The maximum absolute atomic E-state index is 13.9. The van der Waals surface area contributed by atoms with Crippen LogP contribution < -0.4 is 5.32 Å². The van der Waals surface area contributed by atoms with E-state index in [1.165, 1.54) is 17.0 Å². The van der Waals surface area contributed by atoms with E-state index in [-0.39, 0.29) is 42.7 Å². The molecule has 0 bridgehead atoms. The van der Waals surface area contributed by atoms with E-state index in [2.05, 4.69) is 5.32 Å². The molecule has 2 saturated heterocycles. The summed E-state index contributed by atoms with van der Waals surface area (Å²) >= 11 is 0. The van der Waals surface area contributed by atoms with Crippen molar-refractivity contribution in [3.05, 3.63) is 90.2 Å². The minimum absolute atomic E-state index is 0.0762. The molecule has 0 unspecified atom stereocenters. The van der Waals surface area contributed by atoms with Crippen molar-refractivity contribution >= 4 is 17.6 Å². The van der Waals surface area contributed by atoms with Gasteiger partial charge in [-0.2, -0.15) is 0 Å². The lowest BCUT2D eigenvalue weighted by atomic mass is 9.73. The van der Waals surface area contributed by atoms with E-state index >= 15 is 0 Å². The van der Waals surface area contributed by atoms with Crippen LogP contribution in [0.3, 0.4) is 0 Å². The van der Waals surface area contributed by atoms with Crippen LogP contribution in [0, 0.1) is 5.82 Å². The van der Waals surface area contributed by atoms with Crippen molar-refractivity contribution in [3.8, 4) is 11.1 Å². The van der Waals surface area contributed by atoms with E-state index in [0.29, 0.717) is 6.54 Å². The highest BCUT2D eigenvalue weighted by Crippen LogP contribution is 2.43. The molecule has 2 heterocycles. The topological polar surface area (TPSA) is 72.9 Å². The third-order valence-corrected chi connectivity index (χ3v) is 6.56. The SMILES string of the molecule is O=C(Nc1ccccc1F)N1CC(=O)N2[C@@H](CO)[C@H](c3ccc(-c4ccccc4)cc3)[C@@H]2C1. The number of carbonyl (C=O) groups excluding carboxylic acids is 2. The van der Waals surface area contributed by atoms with Gasteiger partial charge in [-0.3, -0.25) is 4.79 Å². The minimum Gasteiger partial charge on any atom is -0.394 e. The fourth-order valence-corrected chi connectivity index (χ4v) is 4.94. The number of benzene rings is 3. The van der Waals surface area contributed by atoms with Crippen LogP contribution in [0.15, 0.2) is 78.9 Å². The van der Waals surface area contributed by atoms with Gasteiger partial charge < -0.3 is 20.2 Å². The van der Waals surface area contributed by atoms with Crippen LogP contribution in [0.4, 0.5) is 14.9 Å². The Hall–Kier alpha value is -3.71. The second-order valence-corrected chi connectivity index (χ2v) is 8.42. The van der Waals surface area contributed by atoms with Gasteiger partial charge in [0.1, 0.15) is 12.4 Å². The first-order valence-electron chi connectivity index (χ1n) is 10.9. The maximum Gasteiger partial charge on any atom is 0.322 e. The Balaban J connectivity index is 1.35. The van der Waals surface area contributed by atoms with E-state index in [9.17, 15) is 19.1 Å². The van der Waals surface area contributed by atoms with Gasteiger partial charge in [-0.15, -0.1) is 0 Å². The van der Waals surface area contributed by atoms with Crippen molar-refractivity contribution < 1.29 is 19.1 Å². The number of nitrogens with zero attached hydrogens (tertiary/aromatic N) is 2. The Kier molecular flexibility index (Phi) is 5.56. The van der Waals surface area contributed by atoms with Gasteiger partial charge in [0.2, 0.25) is 5.91 Å². The number of halogens is 1. The predicted molar refractivity (Wildman–Crippen MR) is 123 cm³/mol. The summed E-state index contributed by atoms with van der Waals surface area (Å²) in [5.41, 5.74) is 3.29. The molecule has 3 aromatic carbocycles. The van der Waals surface area contributed by atoms with E-state index in [1.807, 2.05) is 54.6 Å². The quantitative estimate of drug-likeness (QED) is 0.643. The summed E-state index contributed by atoms with van der Waals surface area (Å²) < 4.78 is 13.9. The summed E-state index contributed by atoms with van der Waals surface area (Å²) in [6.07, 6.45) is 0. The number of para-hydroxylation sites is 1. The smallest absolute Gasteiger partial charge is 0.322 e. The Labute approximate surface area is 191 Å². The fraction of sp³-hybridized carbons (Fsp3) is 0.231. The van der Waals surface area contributed by atoms with Crippen LogP contribution in [0.25, 0.3) is 11.1 Å². The lowest BCUT2D eigenvalue weighted by Gasteiger charge is -2.58. The van der Waals surface area contributed by atoms with Gasteiger partial charge in [0.15, 0.2) is 0 Å². The number of hydrogen-bond acceptors (Lipinski definition) is 3. The predicted octanol–water partition coefficient (Wildman–Crippen LogP) is 3.70. The average Bonchev–Trinajstić information content (AvgIpc) is 2.82. The number of piperazine rings is 1. The zero-order valence-electron chi connectivity index (χ0n) is 17.9. The van der Waals surface area contributed by atoms with Crippen molar-refractivity contribution in [2.45, 2.75) is 18.0 Å². The molecule has 5 rings (SSSR count). The average molecular weight is 445 g/mol. The van der Waals surface area contributed by atoms with Crippen molar-refractivity contribution in [3.63, 3.8) is 0 Å². The van der Waals surface area contributed by atoms with E-state index in [1.54, 1.807) is 17.0 Å².